The molecule has 3 heteroatoms. The van der Waals surface area contributed by atoms with Crippen LogP contribution in [0.4, 0.5) is 0 Å². The fourth-order valence-electron chi connectivity index (χ4n) is 1.36. The van der Waals surface area contributed by atoms with Crippen molar-refractivity contribution in [2.75, 3.05) is 0 Å². The van der Waals surface area contributed by atoms with E-state index in [4.69, 9.17) is 5.73 Å². The average Bonchev–Trinajstić information content (AvgIpc) is 2.12. The van der Waals surface area contributed by atoms with Gasteiger partial charge >= 0.3 is 0 Å². The van der Waals surface area contributed by atoms with E-state index in [1.165, 1.54) is 5.57 Å². The Labute approximate surface area is 108 Å². The summed E-state index contributed by atoms with van der Waals surface area (Å²) in [5, 5.41) is 0. The molecule has 0 amide bonds. The van der Waals surface area contributed by atoms with E-state index in [0.717, 1.165) is 27.4 Å². The van der Waals surface area contributed by atoms with Crippen LogP contribution in [-0.4, -0.2) is 0 Å². The van der Waals surface area contributed by atoms with E-state index in [9.17, 15) is 0 Å². The zero-order chi connectivity index (χ0) is 11.4. The van der Waals surface area contributed by atoms with Crippen LogP contribution in [0.3, 0.4) is 0 Å². The first-order valence-corrected chi connectivity index (χ1v) is 6.43. The number of nitrogens with two attached hydrogens (primary N) is 1. The maximum atomic E-state index is 6.10. The van der Waals surface area contributed by atoms with Crippen LogP contribution >= 0.6 is 31.9 Å². The minimum Gasteiger partial charge on any atom is -0.324 e. The number of benzene rings is 1. The Hall–Kier alpha value is -0.120. The molecule has 0 saturated heterocycles. The van der Waals surface area contributed by atoms with Gasteiger partial charge in [0.05, 0.1) is 0 Å². The molecule has 0 radical (unpaired) electrons. The molecule has 0 spiro atoms. The largest absolute Gasteiger partial charge is 0.324 e. The van der Waals surface area contributed by atoms with Gasteiger partial charge in [0.15, 0.2) is 0 Å². The van der Waals surface area contributed by atoms with E-state index in [1.54, 1.807) is 0 Å². The van der Waals surface area contributed by atoms with Crippen molar-refractivity contribution < 1.29 is 0 Å². The predicted octanol–water partition coefficient (Wildman–Crippen LogP) is 4.57. The molecule has 1 unspecified atom stereocenters. The van der Waals surface area contributed by atoms with E-state index in [0.29, 0.717) is 0 Å². The number of halogens is 2. The monoisotopic (exact) mass is 331 g/mol. The van der Waals surface area contributed by atoms with E-state index in [2.05, 4.69) is 50.6 Å². The molecule has 0 fully saturated rings. The SMILES string of the molecule is C=C(C)CCC(N)c1cc(Br)cc(Br)c1. The standard InChI is InChI=1S/C12H15Br2N/c1-8(2)3-4-12(15)9-5-10(13)7-11(14)6-9/h5-7,12H,1,3-4,15H2,2H3. The van der Waals surface area contributed by atoms with Gasteiger partial charge in [-0.3, -0.25) is 0 Å². The molecule has 0 heterocycles. The lowest BCUT2D eigenvalue weighted by atomic mass is 10.0. The van der Waals surface area contributed by atoms with E-state index < -0.39 is 0 Å². The quantitative estimate of drug-likeness (QED) is 0.803. The van der Waals surface area contributed by atoms with Crippen molar-refractivity contribution in [1.82, 2.24) is 0 Å². The molecular formula is C12H15Br2N. The number of hydrogen-bond acceptors (Lipinski definition) is 1. The molecule has 0 bridgehead atoms. The molecule has 0 aromatic heterocycles. The highest BCUT2D eigenvalue weighted by Crippen LogP contribution is 2.25. The molecule has 1 rings (SSSR count). The molecule has 0 aliphatic rings. The average molecular weight is 333 g/mol. The first kappa shape index (κ1) is 12.9. The summed E-state index contributed by atoms with van der Waals surface area (Å²) in [6.07, 6.45) is 1.92. The molecule has 0 aliphatic heterocycles. The Morgan fingerprint density at radius 1 is 1.33 bits per heavy atom. The Bertz CT molecular complexity index is 340. The van der Waals surface area contributed by atoms with Gasteiger partial charge in [-0.1, -0.05) is 37.4 Å². The van der Waals surface area contributed by atoms with Gasteiger partial charge in [0, 0.05) is 15.0 Å². The van der Waals surface area contributed by atoms with E-state index in [-0.39, 0.29) is 6.04 Å². The highest BCUT2D eigenvalue weighted by Gasteiger charge is 2.07. The van der Waals surface area contributed by atoms with Crippen molar-refractivity contribution in [3.63, 3.8) is 0 Å². The summed E-state index contributed by atoms with van der Waals surface area (Å²) in [6.45, 7) is 5.91. The Morgan fingerprint density at radius 2 is 1.87 bits per heavy atom. The van der Waals surface area contributed by atoms with Crippen molar-refractivity contribution in [3.8, 4) is 0 Å². The van der Waals surface area contributed by atoms with Crippen LogP contribution in [0.1, 0.15) is 31.4 Å². The maximum Gasteiger partial charge on any atom is 0.0298 e. The second kappa shape index (κ2) is 5.83. The van der Waals surface area contributed by atoms with Crippen LogP contribution in [0.2, 0.25) is 0 Å². The molecule has 0 saturated carbocycles. The Kier molecular flexibility index (Phi) is 5.03. The fourth-order valence-corrected chi connectivity index (χ4v) is 2.69. The molecule has 0 aliphatic carbocycles. The van der Waals surface area contributed by atoms with Crippen molar-refractivity contribution in [2.24, 2.45) is 5.73 Å². The lowest BCUT2D eigenvalue weighted by molar-refractivity contribution is 0.648. The van der Waals surface area contributed by atoms with Gasteiger partial charge in [0.1, 0.15) is 0 Å². The zero-order valence-electron chi connectivity index (χ0n) is 8.76. The lowest BCUT2D eigenvalue weighted by Crippen LogP contribution is -2.10. The van der Waals surface area contributed by atoms with Crippen LogP contribution in [-0.2, 0) is 0 Å². The first-order valence-electron chi connectivity index (χ1n) is 4.85. The van der Waals surface area contributed by atoms with Gasteiger partial charge in [0.25, 0.3) is 0 Å². The van der Waals surface area contributed by atoms with E-state index >= 15 is 0 Å². The lowest BCUT2D eigenvalue weighted by Gasteiger charge is -2.12. The topological polar surface area (TPSA) is 26.0 Å². The van der Waals surface area contributed by atoms with Crippen molar-refractivity contribution >= 4 is 31.9 Å². The number of allylic oxidation sites excluding steroid dienone is 1. The van der Waals surface area contributed by atoms with Crippen molar-refractivity contribution in [1.29, 1.82) is 0 Å². The highest BCUT2D eigenvalue weighted by molar-refractivity contribution is 9.11. The normalized spacial score (nSPS) is 12.5. The molecule has 2 N–H and O–H groups in total. The minimum absolute atomic E-state index is 0.0792. The van der Waals surface area contributed by atoms with Crippen LogP contribution in [0.5, 0.6) is 0 Å². The summed E-state index contributed by atoms with van der Waals surface area (Å²) < 4.78 is 2.11. The molecule has 1 aromatic rings. The summed E-state index contributed by atoms with van der Waals surface area (Å²) in [6, 6.07) is 6.21. The van der Waals surface area contributed by atoms with Crippen LogP contribution in [0.15, 0.2) is 39.3 Å². The number of rotatable bonds is 4. The zero-order valence-corrected chi connectivity index (χ0v) is 11.9. The first-order chi connectivity index (χ1) is 6.99. The van der Waals surface area contributed by atoms with Gasteiger partial charge < -0.3 is 5.73 Å². The molecule has 15 heavy (non-hydrogen) atoms. The maximum absolute atomic E-state index is 6.10. The summed E-state index contributed by atoms with van der Waals surface area (Å²) in [5.74, 6) is 0. The van der Waals surface area contributed by atoms with Crippen molar-refractivity contribution in [3.05, 3.63) is 44.9 Å². The molecule has 1 nitrogen and oxygen atoms in total. The Morgan fingerprint density at radius 3 is 2.33 bits per heavy atom. The summed E-state index contributed by atoms with van der Waals surface area (Å²) in [4.78, 5) is 0. The molecular weight excluding hydrogens is 318 g/mol. The van der Waals surface area contributed by atoms with Gasteiger partial charge in [-0.25, -0.2) is 0 Å². The molecule has 82 valence electrons. The fraction of sp³-hybridized carbons (Fsp3) is 0.333. The third kappa shape index (κ3) is 4.49. The van der Waals surface area contributed by atoms with Crippen LogP contribution in [0.25, 0.3) is 0 Å². The minimum atomic E-state index is 0.0792. The van der Waals surface area contributed by atoms with Crippen LogP contribution in [0, 0.1) is 0 Å². The highest BCUT2D eigenvalue weighted by atomic mass is 79.9. The van der Waals surface area contributed by atoms with Gasteiger partial charge in [0.2, 0.25) is 0 Å². The van der Waals surface area contributed by atoms with E-state index in [1.807, 2.05) is 13.0 Å². The predicted molar refractivity (Wildman–Crippen MR) is 72.8 cm³/mol. The summed E-state index contributed by atoms with van der Waals surface area (Å²) in [5.41, 5.74) is 8.43. The summed E-state index contributed by atoms with van der Waals surface area (Å²) in [7, 11) is 0. The van der Waals surface area contributed by atoms with Crippen LogP contribution < -0.4 is 5.73 Å². The van der Waals surface area contributed by atoms with Gasteiger partial charge in [-0.05, 0) is 43.5 Å². The summed E-state index contributed by atoms with van der Waals surface area (Å²) >= 11 is 6.92. The second-order valence-electron chi connectivity index (χ2n) is 3.81. The van der Waals surface area contributed by atoms with Crippen molar-refractivity contribution in [2.45, 2.75) is 25.8 Å². The second-order valence-corrected chi connectivity index (χ2v) is 5.64. The number of hydrogen-bond donors (Lipinski definition) is 1. The molecule has 1 atom stereocenters. The smallest absolute Gasteiger partial charge is 0.0298 e. The Balaban J connectivity index is 2.72. The third-order valence-corrected chi connectivity index (χ3v) is 3.11. The van der Waals surface area contributed by atoms with Gasteiger partial charge in [-0.15, -0.1) is 6.58 Å². The van der Waals surface area contributed by atoms with Gasteiger partial charge in [-0.2, -0.15) is 0 Å². The third-order valence-electron chi connectivity index (χ3n) is 2.20. The molecule has 1 aromatic carbocycles.